The number of anilines is 1. The van der Waals surface area contributed by atoms with Crippen LogP contribution in [0.5, 0.6) is 0 Å². The molecule has 1 aromatic rings. The Morgan fingerprint density at radius 2 is 2.32 bits per heavy atom. The summed E-state index contributed by atoms with van der Waals surface area (Å²) in [4.78, 5) is 0. The van der Waals surface area contributed by atoms with Crippen LogP contribution < -0.4 is 10.6 Å². The van der Waals surface area contributed by atoms with Gasteiger partial charge in [0.1, 0.15) is 4.32 Å². The zero-order valence-corrected chi connectivity index (χ0v) is 12.1. The van der Waals surface area contributed by atoms with Gasteiger partial charge >= 0.3 is 0 Å². The number of hydrogen-bond acceptors (Lipinski definition) is 4. The Morgan fingerprint density at radius 1 is 1.47 bits per heavy atom. The van der Waals surface area contributed by atoms with E-state index in [0.29, 0.717) is 6.42 Å². The fourth-order valence-corrected chi connectivity index (χ4v) is 2.68. The second kappa shape index (κ2) is 7.17. The summed E-state index contributed by atoms with van der Waals surface area (Å²) in [5, 5.41) is 15.1. The summed E-state index contributed by atoms with van der Waals surface area (Å²) in [6, 6.07) is 10.4. The van der Waals surface area contributed by atoms with Gasteiger partial charge in [-0.3, -0.25) is 0 Å². The van der Waals surface area contributed by atoms with Gasteiger partial charge in [0.25, 0.3) is 0 Å². The fourth-order valence-electron chi connectivity index (χ4n) is 1.80. The molecule has 2 rings (SSSR count). The maximum absolute atomic E-state index is 8.46. The van der Waals surface area contributed by atoms with Crippen LogP contribution in [-0.4, -0.2) is 23.2 Å². The monoisotopic (exact) mass is 289 g/mol. The van der Waals surface area contributed by atoms with Crippen molar-refractivity contribution >= 4 is 40.1 Å². The molecule has 1 aromatic carbocycles. The molecule has 0 amide bonds. The second-order valence-corrected chi connectivity index (χ2v) is 5.91. The highest BCUT2D eigenvalue weighted by molar-refractivity contribution is 8.22. The van der Waals surface area contributed by atoms with Crippen LogP contribution in [-0.2, 0) is 0 Å². The molecule has 1 aliphatic rings. The zero-order valence-electron chi connectivity index (χ0n) is 10.5. The number of rotatable bonds is 4. The summed E-state index contributed by atoms with van der Waals surface area (Å²) in [5.41, 5.74) is 3.67. The average Bonchev–Trinajstić information content (AvgIpc) is 2.45. The predicted molar refractivity (Wildman–Crippen MR) is 86.2 cm³/mol. The van der Waals surface area contributed by atoms with E-state index in [0.717, 1.165) is 23.2 Å². The van der Waals surface area contributed by atoms with Gasteiger partial charge in [0.05, 0.1) is 6.07 Å². The average molecular weight is 289 g/mol. The van der Waals surface area contributed by atoms with Crippen LogP contribution in [0.3, 0.4) is 0 Å². The van der Waals surface area contributed by atoms with Crippen LogP contribution in [0, 0.1) is 11.3 Å². The number of fused-ring (bicyclic) bond motifs is 1. The van der Waals surface area contributed by atoms with Crippen molar-refractivity contribution in [3.05, 3.63) is 35.4 Å². The van der Waals surface area contributed by atoms with Gasteiger partial charge in [-0.2, -0.15) is 5.26 Å². The lowest BCUT2D eigenvalue weighted by molar-refractivity contribution is 0.981. The Labute approximate surface area is 123 Å². The third-order valence-electron chi connectivity index (χ3n) is 2.73. The van der Waals surface area contributed by atoms with E-state index in [1.165, 1.54) is 28.6 Å². The smallest absolute Gasteiger partial charge is 0.134 e. The molecule has 0 saturated carbocycles. The van der Waals surface area contributed by atoms with E-state index in [4.69, 9.17) is 17.5 Å². The molecule has 5 heteroatoms. The summed E-state index contributed by atoms with van der Waals surface area (Å²) in [6.45, 7) is 1.59. The maximum atomic E-state index is 8.46. The highest BCUT2D eigenvalue weighted by atomic mass is 32.2. The molecule has 0 aromatic heterocycles. The van der Waals surface area contributed by atoms with E-state index in [1.54, 1.807) is 0 Å². The summed E-state index contributed by atoms with van der Waals surface area (Å²) in [6.07, 6.45) is 2.73. The standard InChI is InChI=1S/C14H15N3S2/c15-6-3-7-19-14(18)17-10-11-8-12-4-1-2-5-13(12)16-9-11/h1-2,4-5,8,16H,3,7,9-10H2,(H,17,18). The van der Waals surface area contributed by atoms with Crippen LogP contribution >= 0.6 is 24.0 Å². The first-order chi connectivity index (χ1) is 9.29. The number of nitrogens with zero attached hydrogens (tertiary/aromatic N) is 1. The molecule has 19 heavy (non-hydrogen) atoms. The molecule has 0 radical (unpaired) electrons. The van der Waals surface area contributed by atoms with Crippen LogP contribution in [0.15, 0.2) is 29.8 Å². The summed E-state index contributed by atoms with van der Waals surface area (Å²) in [7, 11) is 0. The SMILES string of the molecule is N#CCCSC(=S)NCC1=Cc2ccccc2NC1. The number of hydrogen-bond donors (Lipinski definition) is 2. The maximum Gasteiger partial charge on any atom is 0.134 e. The zero-order chi connectivity index (χ0) is 13.5. The van der Waals surface area contributed by atoms with E-state index >= 15 is 0 Å². The molecule has 0 fully saturated rings. The minimum absolute atomic E-state index is 0.532. The minimum Gasteiger partial charge on any atom is -0.381 e. The van der Waals surface area contributed by atoms with Gasteiger partial charge in [-0.05, 0) is 17.2 Å². The van der Waals surface area contributed by atoms with Gasteiger partial charge in [0.15, 0.2) is 0 Å². The van der Waals surface area contributed by atoms with Gasteiger partial charge < -0.3 is 10.6 Å². The lowest BCUT2D eigenvalue weighted by Crippen LogP contribution is -2.25. The number of para-hydroxylation sites is 1. The molecule has 0 bridgehead atoms. The molecule has 98 valence electrons. The number of nitriles is 1. The molecule has 0 unspecified atom stereocenters. The topological polar surface area (TPSA) is 47.9 Å². The normalized spacial score (nSPS) is 12.7. The number of nitrogens with one attached hydrogen (secondary N) is 2. The van der Waals surface area contributed by atoms with Crippen molar-refractivity contribution in [1.29, 1.82) is 5.26 Å². The van der Waals surface area contributed by atoms with E-state index in [1.807, 2.05) is 12.1 Å². The quantitative estimate of drug-likeness (QED) is 0.659. The minimum atomic E-state index is 0.532. The lowest BCUT2D eigenvalue weighted by Gasteiger charge is -2.19. The Bertz CT molecular complexity index is 532. The number of thiocarbonyl (C=S) groups is 1. The van der Waals surface area contributed by atoms with E-state index < -0.39 is 0 Å². The van der Waals surface area contributed by atoms with Crippen molar-refractivity contribution in [3.8, 4) is 6.07 Å². The van der Waals surface area contributed by atoms with Crippen molar-refractivity contribution in [2.75, 3.05) is 24.2 Å². The van der Waals surface area contributed by atoms with Crippen molar-refractivity contribution in [2.24, 2.45) is 0 Å². The Kier molecular flexibility index (Phi) is 5.25. The Balaban J connectivity index is 1.83. The molecule has 0 spiro atoms. The highest BCUT2D eigenvalue weighted by Crippen LogP contribution is 2.22. The third-order valence-corrected chi connectivity index (χ3v) is 4.05. The molecule has 0 aliphatic carbocycles. The molecule has 0 atom stereocenters. The molecule has 1 heterocycles. The third kappa shape index (κ3) is 4.27. The molecular weight excluding hydrogens is 274 g/mol. The second-order valence-electron chi connectivity index (χ2n) is 4.14. The lowest BCUT2D eigenvalue weighted by atomic mass is 10.0. The summed E-state index contributed by atoms with van der Waals surface area (Å²) >= 11 is 6.73. The number of thioether (sulfide) groups is 1. The Hall–Kier alpha value is -1.51. The Morgan fingerprint density at radius 3 is 3.16 bits per heavy atom. The van der Waals surface area contributed by atoms with Gasteiger partial charge in [0.2, 0.25) is 0 Å². The first-order valence-electron chi connectivity index (χ1n) is 6.09. The molecule has 0 saturated heterocycles. The van der Waals surface area contributed by atoms with Crippen LogP contribution in [0.4, 0.5) is 5.69 Å². The van der Waals surface area contributed by atoms with Crippen LogP contribution in [0.25, 0.3) is 6.08 Å². The van der Waals surface area contributed by atoms with Crippen LogP contribution in [0.1, 0.15) is 12.0 Å². The van der Waals surface area contributed by atoms with Crippen molar-refractivity contribution in [1.82, 2.24) is 5.32 Å². The van der Waals surface area contributed by atoms with Gasteiger partial charge in [0, 0.05) is 31.0 Å². The number of benzene rings is 1. The highest BCUT2D eigenvalue weighted by Gasteiger charge is 2.08. The first kappa shape index (κ1) is 13.9. The largest absolute Gasteiger partial charge is 0.381 e. The van der Waals surface area contributed by atoms with E-state index in [-0.39, 0.29) is 0 Å². The summed E-state index contributed by atoms with van der Waals surface area (Å²) < 4.78 is 0.759. The first-order valence-corrected chi connectivity index (χ1v) is 7.49. The van der Waals surface area contributed by atoms with Crippen molar-refractivity contribution in [3.63, 3.8) is 0 Å². The van der Waals surface area contributed by atoms with Gasteiger partial charge in [-0.15, -0.1) is 0 Å². The van der Waals surface area contributed by atoms with Gasteiger partial charge in [-0.25, -0.2) is 0 Å². The molecule has 2 N–H and O–H groups in total. The molecular formula is C14H15N3S2. The summed E-state index contributed by atoms with van der Waals surface area (Å²) in [5.74, 6) is 0.752. The molecule has 1 aliphatic heterocycles. The van der Waals surface area contributed by atoms with E-state index in [9.17, 15) is 0 Å². The van der Waals surface area contributed by atoms with Crippen molar-refractivity contribution in [2.45, 2.75) is 6.42 Å². The van der Waals surface area contributed by atoms with Crippen molar-refractivity contribution < 1.29 is 0 Å². The predicted octanol–water partition coefficient (Wildman–Crippen LogP) is 3.02. The fraction of sp³-hybridized carbons (Fsp3) is 0.286. The molecule has 3 nitrogen and oxygen atoms in total. The van der Waals surface area contributed by atoms with Gasteiger partial charge in [-0.1, -0.05) is 48.3 Å². The van der Waals surface area contributed by atoms with Crippen LogP contribution in [0.2, 0.25) is 0 Å². The van der Waals surface area contributed by atoms with E-state index in [2.05, 4.69) is 34.9 Å².